The molecule has 1 saturated heterocycles. The van der Waals surface area contributed by atoms with Crippen LogP contribution in [0.5, 0.6) is 0 Å². The van der Waals surface area contributed by atoms with Crippen LogP contribution in [0.15, 0.2) is 0 Å². The molecule has 1 fully saturated rings. The van der Waals surface area contributed by atoms with Crippen LogP contribution in [-0.4, -0.2) is 37.7 Å². The van der Waals surface area contributed by atoms with E-state index in [1.54, 1.807) is 0 Å². The number of rotatable bonds is 1. The second-order valence-electron chi connectivity index (χ2n) is 2.99. The maximum atomic E-state index is 5.58. The Morgan fingerprint density at radius 3 is 3.00 bits per heavy atom. The Morgan fingerprint density at radius 1 is 1.50 bits per heavy atom. The minimum atomic E-state index is 0.518. The van der Waals surface area contributed by atoms with E-state index in [0.29, 0.717) is 6.10 Å². The molecule has 1 heterocycles. The van der Waals surface area contributed by atoms with Crippen LogP contribution in [0.4, 0.5) is 0 Å². The Bertz CT molecular complexity index is 95.3. The van der Waals surface area contributed by atoms with Gasteiger partial charge >= 0.3 is 0 Å². The van der Waals surface area contributed by atoms with Gasteiger partial charge in [0.25, 0.3) is 0 Å². The molecule has 1 rings (SSSR count). The second-order valence-corrected chi connectivity index (χ2v) is 2.99. The maximum absolute atomic E-state index is 5.58. The first-order valence-corrected chi connectivity index (χ1v) is 4.13. The van der Waals surface area contributed by atoms with Gasteiger partial charge < -0.3 is 9.64 Å². The Morgan fingerprint density at radius 2 is 2.30 bits per heavy atom. The summed E-state index contributed by atoms with van der Waals surface area (Å²) in [4.78, 5) is 2.33. The molecule has 0 aliphatic carbocycles. The SMILES string of the molecule is CCC1CCN(C)CCO1. The second kappa shape index (κ2) is 3.94. The fourth-order valence-corrected chi connectivity index (χ4v) is 1.26. The third-order valence-electron chi connectivity index (χ3n) is 2.11. The molecule has 0 bridgehead atoms. The van der Waals surface area contributed by atoms with Gasteiger partial charge in [-0.25, -0.2) is 0 Å². The minimum Gasteiger partial charge on any atom is -0.377 e. The van der Waals surface area contributed by atoms with Crippen molar-refractivity contribution in [1.29, 1.82) is 0 Å². The molecular formula is C8H17NO. The maximum Gasteiger partial charge on any atom is 0.0597 e. The third-order valence-corrected chi connectivity index (χ3v) is 2.11. The lowest BCUT2D eigenvalue weighted by atomic mass is 10.2. The molecule has 0 aromatic heterocycles. The average molecular weight is 143 g/mol. The Balaban J connectivity index is 2.26. The standard InChI is InChI=1S/C8H17NO/c1-3-8-4-5-9(2)6-7-10-8/h8H,3-7H2,1-2H3. The lowest BCUT2D eigenvalue weighted by molar-refractivity contribution is 0.0604. The molecule has 0 spiro atoms. The molecule has 2 heteroatoms. The fraction of sp³-hybridized carbons (Fsp3) is 1.00. The van der Waals surface area contributed by atoms with Crippen molar-refractivity contribution in [3.63, 3.8) is 0 Å². The monoisotopic (exact) mass is 143 g/mol. The predicted octanol–water partition coefficient (Wildman–Crippen LogP) is 1.12. The number of likely N-dealkylation sites (N-methyl/N-ethyl adjacent to an activating group) is 1. The van der Waals surface area contributed by atoms with Crippen LogP contribution >= 0.6 is 0 Å². The molecule has 1 atom stereocenters. The molecule has 0 radical (unpaired) electrons. The van der Waals surface area contributed by atoms with Crippen LogP contribution < -0.4 is 0 Å². The van der Waals surface area contributed by atoms with Crippen LogP contribution in [0.2, 0.25) is 0 Å². The summed E-state index contributed by atoms with van der Waals surface area (Å²) < 4.78 is 5.58. The first kappa shape index (κ1) is 8.02. The minimum absolute atomic E-state index is 0.518. The molecule has 0 saturated carbocycles. The number of hydrogen-bond acceptors (Lipinski definition) is 2. The topological polar surface area (TPSA) is 12.5 Å². The zero-order valence-corrected chi connectivity index (χ0v) is 6.97. The van der Waals surface area contributed by atoms with E-state index < -0.39 is 0 Å². The normalized spacial score (nSPS) is 30.0. The lowest BCUT2D eigenvalue weighted by Crippen LogP contribution is -2.20. The lowest BCUT2D eigenvalue weighted by Gasteiger charge is -2.11. The number of ether oxygens (including phenoxy) is 1. The first-order valence-electron chi connectivity index (χ1n) is 4.13. The van der Waals surface area contributed by atoms with Gasteiger partial charge in [0, 0.05) is 13.1 Å². The van der Waals surface area contributed by atoms with Crippen molar-refractivity contribution in [2.24, 2.45) is 0 Å². The summed E-state index contributed by atoms with van der Waals surface area (Å²) in [6.45, 7) is 5.39. The van der Waals surface area contributed by atoms with Crippen molar-refractivity contribution in [2.75, 3.05) is 26.7 Å². The summed E-state index contributed by atoms with van der Waals surface area (Å²) >= 11 is 0. The van der Waals surface area contributed by atoms with Crippen LogP contribution in [0.1, 0.15) is 19.8 Å². The van der Waals surface area contributed by atoms with E-state index in [2.05, 4.69) is 18.9 Å². The van der Waals surface area contributed by atoms with Gasteiger partial charge in [0.2, 0.25) is 0 Å². The molecule has 1 aliphatic heterocycles. The zero-order valence-electron chi connectivity index (χ0n) is 6.97. The van der Waals surface area contributed by atoms with Gasteiger partial charge in [0.15, 0.2) is 0 Å². The molecule has 0 aromatic carbocycles. The van der Waals surface area contributed by atoms with E-state index in [-0.39, 0.29) is 0 Å². The number of hydrogen-bond donors (Lipinski definition) is 0. The van der Waals surface area contributed by atoms with Crippen LogP contribution in [0.3, 0.4) is 0 Å². The Labute approximate surface area is 63.2 Å². The van der Waals surface area contributed by atoms with Gasteiger partial charge in [-0.2, -0.15) is 0 Å². The van der Waals surface area contributed by atoms with Crippen molar-refractivity contribution in [2.45, 2.75) is 25.9 Å². The predicted molar refractivity (Wildman–Crippen MR) is 42.1 cm³/mol. The Hall–Kier alpha value is -0.0800. The molecule has 1 aliphatic rings. The number of nitrogens with zero attached hydrogens (tertiary/aromatic N) is 1. The highest BCUT2D eigenvalue weighted by Crippen LogP contribution is 2.07. The third kappa shape index (κ3) is 2.27. The summed E-state index contributed by atoms with van der Waals surface area (Å²) in [6, 6.07) is 0. The van der Waals surface area contributed by atoms with E-state index in [1.807, 2.05) is 0 Å². The highest BCUT2D eigenvalue weighted by molar-refractivity contribution is 4.63. The van der Waals surface area contributed by atoms with E-state index in [1.165, 1.54) is 13.0 Å². The van der Waals surface area contributed by atoms with E-state index in [9.17, 15) is 0 Å². The van der Waals surface area contributed by atoms with E-state index >= 15 is 0 Å². The molecule has 0 amide bonds. The summed E-state index contributed by atoms with van der Waals surface area (Å²) in [5.74, 6) is 0. The van der Waals surface area contributed by atoms with E-state index in [4.69, 9.17) is 4.74 Å². The Kier molecular flexibility index (Phi) is 3.16. The smallest absolute Gasteiger partial charge is 0.0597 e. The summed E-state index contributed by atoms with van der Waals surface area (Å²) in [5.41, 5.74) is 0. The highest BCUT2D eigenvalue weighted by Gasteiger charge is 2.12. The van der Waals surface area contributed by atoms with Gasteiger partial charge in [-0.05, 0) is 19.9 Å². The molecule has 2 nitrogen and oxygen atoms in total. The largest absolute Gasteiger partial charge is 0.377 e. The highest BCUT2D eigenvalue weighted by atomic mass is 16.5. The zero-order chi connectivity index (χ0) is 7.40. The van der Waals surface area contributed by atoms with Crippen molar-refractivity contribution >= 4 is 0 Å². The van der Waals surface area contributed by atoms with Gasteiger partial charge in [-0.3, -0.25) is 0 Å². The van der Waals surface area contributed by atoms with Crippen LogP contribution in [0.25, 0.3) is 0 Å². The molecular weight excluding hydrogens is 126 g/mol. The quantitative estimate of drug-likeness (QED) is 0.545. The van der Waals surface area contributed by atoms with E-state index in [0.717, 1.165) is 19.6 Å². The molecule has 60 valence electrons. The van der Waals surface area contributed by atoms with Crippen LogP contribution in [0, 0.1) is 0 Å². The van der Waals surface area contributed by atoms with Crippen molar-refractivity contribution in [3.8, 4) is 0 Å². The van der Waals surface area contributed by atoms with Crippen molar-refractivity contribution < 1.29 is 4.74 Å². The van der Waals surface area contributed by atoms with Gasteiger partial charge in [0.1, 0.15) is 0 Å². The summed E-state index contributed by atoms with van der Waals surface area (Å²) in [5, 5.41) is 0. The summed E-state index contributed by atoms with van der Waals surface area (Å²) in [7, 11) is 2.15. The van der Waals surface area contributed by atoms with Crippen molar-refractivity contribution in [1.82, 2.24) is 4.90 Å². The van der Waals surface area contributed by atoms with Gasteiger partial charge in [-0.15, -0.1) is 0 Å². The van der Waals surface area contributed by atoms with Crippen molar-refractivity contribution in [3.05, 3.63) is 0 Å². The summed E-state index contributed by atoms with van der Waals surface area (Å²) in [6.07, 6.45) is 2.88. The fourth-order valence-electron chi connectivity index (χ4n) is 1.26. The molecule has 0 N–H and O–H groups in total. The van der Waals surface area contributed by atoms with Crippen LogP contribution in [-0.2, 0) is 4.74 Å². The van der Waals surface area contributed by atoms with Gasteiger partial charge in [-0.1, -0.05) is 6.92 Å². The molecule has 10 heavy (non-hydrogen) atoms. The molecule has 1 unspecified atom stereocenters. The average Bonchev–Trinajstić information content (AvgIpc) is 2.14. The van der Waals surface area contributed by atoms with Gasteiger partial charge in [0.05, 0.1) is 12.7 Å². The first-order chi connectivity index (χ1) is 4.83. The molecule has 0 aromatic rings.